The highest BCUT2D eigenvalue weighted by Crippen LogP contribution is 2.21. The van der Waals surface area contributed by atoms with Crippen molar-refractivity contribution < 1.29 is 9.21 Å². The van der Waals surface area contributed by atoms with Crippen molar-refractivity contribution >= 4 is 5.91 Å². The van der Waals surface area contributed by atoms with Gasteiger partial charge in [0.2, 0.25) is 0 Å². The van der Waals surface area contributed by atoms with E-state index in [0.29, 0.717) is 24.7 Å². The first-order valence-corrected chi connectivity index (χ1v) is 7.34. The van der Waals surface area contributed by atoms with E-state index in [4.69, 9.17) is 4.42 Å². The predicted molar refractivity (Wildman–Crippen MR) is 77.9 cm³/mol. The standard InChI is InChI=1S/C15H20N4O2/c1-2-19(9-11-4-6-21-10-11)15(20)14-7-13(17-18-14)12-3-5-16-8-12/h4,6-7,10,12,16H,2-3,5,8-9H2,1H3,(H,17,18). The number of carbonyl (C=O) groups excluding carboxylic acids is 1. The van der Waals surface area contributed by atoms with Gasteiger partial charge in [-0.25, -0.2) is 0 Å². The maximum atomic E-state index is 12.5. The van der Waals surface area contributed by atoms with Crippen LogP contribution in [0.4, 0.5) is 0 Å². The Morgan fingerprint density at radius 3 is 3.14 bits per heavy atom. The Labute approximate surface area is 123 Å². The monoisotopic (exact) mass is 288 g/mol. The number of rotatable bonds is 5. The van der Waals surface area contributed by atoms with Gasteiger partial charge >= 0.3 is 0 Å². The maximum Gasteiger partial charge on any atom is 0.274 e. The van der Waals surface area contributed by atoms with Crippen LogP contribution in [0.25, 0.3) is 0 Å². The molecule has 6 heteroatoms. The van der Waals surface area contributed by atoms with Gasteiger partial charge in [0, 0.05) is 36.8 Å². The third kappa shape index (κ3) is 3.00. The molecule has 2 N–H and O–H groups in total. The lowest BCUT2D eigenvalue weighted by Gasteiger charge is -2.18. The van der Waals surface area contributed by atoms with Crippen LogP contribution in [0.1, 0.15) is 41.0 Å². The minimum absolute atomic E-state index is 0.0489. The Bertz CT molecular complexity index is 585. The van der Waals surface area contributed by atoms with E-state index in [1.54, 1.807) is 17.4 Å². The van der Waals surface area contributed by atoms with Crippen molar-refractivity contribution in [2.45, 2.75) is 25.8 Å². The SMILES string of the molecule is CCN(Cc1ccoc1)C(=O)c1cc(C2CCNC2)[nH]n1. The number of hydrogen-bond donors (Lipinski definition) is 2. The third-order valence-corrected chi connectivity index (χ3v) is 3.94. The van der Waals surface area contributed by atoms with Crippen molar-refractivity contribution in [2.75, 3.05) is 19.6 Å². The van der Waals surface area contributed by atoms with Gasteiger partial charge in [-0.05, 0) is 32.0 Å². The number of amides is 1. The van der Waals surface area contributed by atoms with Crippen LogP contribution in [0.15, 0.2) is 29.1 Å². The summed E-state index contributed by atoms with van der Waals surface area (Å²) in [7, 11) is 0. The molecule has 6 nitrogen and oxygen atoms in total. The average Bonchev–Trinajstić information content (AvgIpc) is 3.25. The second kappa shape index (κ2) is 6.13. The van der Waals surface area contributed by atoms with Crippen LogP contribution in [0.3, 0.4) is 0 Å². The van der Waals surface area contributed by atoms with E-state index in [2.05, 4.69) is 15.5 Å². The molecule has 3 rings (SSSR count). The second-order valence-corrected chi connectivity index (χ2v) is 5.35. The predicted octanol–water partition coefficient (Wildman–Crippen LogP) is 1.74. The minimum Gasteiger partial charge on any atom is -0.472 e. The summed E-state index contributed by atoms with van der Waals surface area (Å²) in [6, 6.07) is 3.76. The molecule has 1 saturated heterocycles. The fourth-order valence-electron chi connectivity index (χ4n) is 2.67. The van der Waals surface area contributed by atoms with Crippen molar-refractivity contribution in [1.29, 1.82) is 0 Å². The number of nitrogens with one attached hydrogen (secondary N) is 2. The number of nitrogens with zero attached hydrogens (tertiary/aromatic N) is 2. The highest BCUT2D eigenvalue weighted by molar-refractivity contribution is 5.92. The van der Waals surface area contributed by atoms with E-state index in [1.807, 2.05) is 19.1 Å². The van der Waals surface area contributed by atoms with Crippen LogP contribution >= 0.6 is 0 Å². The summed E-state index contributed by atoms with van der Waals surface area (Å²) in [5.41, 5.74) is 2.52. The Hall–Kier alpha value is -2.08. The molecule has 0 radical (unpaired) electrons. The number of hydrogen-bond acceptors (Lipinski definition) is 4. The Morgan fingerprint density at radius 1 is 1.57 bits per heavy atom. The number of furan rings is 1. The molecule has 1 aliphatic heterocycles. The number of carbonyl (C=O) groups is 1. The molecule has 1 fully saturated rings. The van der Waals surface area contributed by atoms with Crippen molar-refractivity contribution in [1.82, 2.24) is 20.4 Å². The molecule has 2 aromatic rings. The Balaban J connectivity index is 1.70. The zero-order valence-corrected chi connectivity index (χ0v) is 12.1. The van der Waals surface area contributed by atoms with Crippen molar-refractivity contribution in [2.24, 2.45) is 0 Å². The molecule has 21 heavy (non-hydrogen) atoms. The molecule has 112 valence electrons. The molecule has 2 aromatic heterocycles. The first-order chi connectivity index (χ1) is 10.3. The van der Waals surface area contributed by atoms with E-state index >= 15 is 0 Å². The molecule has 0 spiro atoms. The summed E-state index contributed by atoms with van der Waals surface area (Å²) < 4.78 is 5.05. The molecule has 0 aliphatic carbocycles. The van der Waals surface area contributed by atoms with E-state index in [9.17, 15) is 4.79 Å². The average molecular weight is 288 g/mol. The van der Waals surface area contributed by atoms with E-state index < -0.39 is 0 Å². The molecular weight excluding hydrogens is 268 g/mol. The largest absolute Gasteiger partial charge is 0.472 e. The van der Waals surface area contributed by atoms with E-state index in [0.717, 1.165) is 30.8 Å². The second-order valence-electron chi connectivity index (χ2n) is 5.35. The minimum atomic E-state index is -0.0489. The highest BCUT2D eigenvalue weighted by atomic mass is 16.3. The fourth-order valence-corrected chi connectivity index (χ4v) is 2.67. The molecule has 1 unspecified atom stereocenters. The van der Waals surface area contributed by atoms with Gasteiger partial charge in [-0.2, -0.15) is 5.10 Å². The van der Waals surface area contributed by atoms with E-state index in [1.165, 1.54) is 0 Å². The zero-order chi connectivity index (χ0) is 14.7. The Kier molecular flexibility index (Phi) is 4.06. The van der Waals surface area contributed by atoms with Crippen LogP contribution in [-0.4, -0.2) is 40.6 Å². The lowest BCUT2D eigenvalue weighted by Crippen LogP contribution is -2.30. The van der Waals surface area contributed by atoms with Crippen LogP contribution < -0.4 is 5.32 Å². The molecular formula is C15H20N4O2. The summed E-state index contributed by atoms with van der Waals surface area (Å²) in [5.74, 6) is 0.384. The zero-order valence-electron chi connectivity index (χ0n) is 12.1. The van der Waals surface area contributed by atoms with Gasteiger partial charge in [-0.15, -0.1) is 0 Å². The van der Waals surface area contributed by atoms with Crippen molar-refractivity contribution in [3.8, 4) is 0 Å². The quantitative estimate of drug-likeness (QED) is 0.879. The molecule has 3 heterocycles. The lowest BCUT2D eigenvalue weighted by atomic mass is 10.1. The van der Waals surface area contributed by atoms with Gasteiger partial charge in [0.05, 0.1) is 12.5 Å². The summed E-state index contributed by atoms with van der Waals surface area (Å²) in [6.45, 7) is 5.11. The normalized spacial score (nSPS) is 18.0. The summed E-state index contributed by atoms with van der Waals surface area (Å²) >= 11 is 0. The molecule has 1 atom stereocenters. The molecule has 0 bridgehead atoms. The van der Waals surface area contributed by atoms with Crippen LogP contribution in [-0.2, 0) is 6.54 Å². The van der Waals surface area contributed by atoms with Crippen LogP contribution in [0, 0.1) is 0 Å². The molecule has 0 saturated carbocycles. The van der Waals surface area contributed by atoms with Gasteiger partial charge in [-0.3, -0.25) is 9.89 Å². The van der Waals surface area contributed by atoms with Crippen molar-refractivity contribution in [3.05, 3.63) is 41.6 Å². The first-order valence-electron chi connectivity index (χ1n) is 7.34. The van der Waals surface area contributed by atoms with Crippen molar-refractivity contribution in [3.63, 3.8) is 0 Å². The fraction of sp³-hybridized carbons (Fsp3) is 0.467. The Morgan fingerprint density at radius 2 is 2.48 bits per heavy atom. The van der Waals surface area contributed by atoms with Gasteiger partial charge < -0.3 is 14.6 Å². The van der Waals surface area contributed by atoms with Gasteiger partial charge in [0.15, 0.2) is 0 Å². The summed E-state index contributed by atoms with van der Waals surface area (Å²) in [6.07, 6.45) is 4.37. The molecule has 1 amide bonds. The van der Waals surface area contributed by atoms with E-state index in [-0.39, 0.29) is 5.91 Å². The number of aromatic amines is 1. The van der Waals surface area contributed by atoms with Gasteiger partial charge in [0.25, 0.3) is 5.91 Å². The molecule has 0 aromatic carbocycles. The lowest BCUT2D eigenvalue weighted by molar-refractivity contribution is 0.0746. The van der Waals surface area contributed by atoms with Crippen LogP contribution in [0.2, 0.25) is 0 Å². The molecule has 1 aliphatic rings. The van der Waals surface area contributed by atoms with Gasteiger partial charge in [-0.1, -0.05) is 0 Å². The van der Waals surface area contributed by atoms with Crippen LogP contribution in [0.5, 0.6) is 0 Å². The smallest absolute Gasteiger partial charge is 0.274 e. The summed E-state index contributed by atoms with van der Waals surface area (Å²) in [4.78, 5) is 14.3. The highest BCUT2D eigenvalue weighted by Gasteiger charge is 2.22. The number of aromatic nitrogens is 2. The topological polar surface area (TPSA) is 74.2 Å². The van der Waals surface area contributed by atoms with Gasteiger partial charge in [0.1, 0.15) is 5.69 Å². The maximum absolute atomic E-state index is 12.5. The first kappa shape index (κ1) is 13.9. The third-order valence-electron chi connectivity index (χ3n) is 3.94. The number of H-pyrrole nitrogens is 1. The summed E-state index contributed by atoms with van der Waals surface area (Å²) in [5, 5.41) is 10.5.